The first-order valence-electron chi connectivity index (χ1n) is 6.20. The number of aromatic nitrogens is 6. The molecule has 1 aromatic carbocycles. The predicted octanol–water partition coefficient (Wildman–Crippen LogP) is 2.18. The summed E-state index contributed by atoms with van der Waals surface area (Å²) in [6.45, 7) is 2.03. The molecule has 0 spiro atoms. The maximum Gasteiger partial charge on any atom is 0.258 e. The van der Waals surface area contributed by atoms with Crippen LogP contribution < -0.4 is 4.90 Å². The minimum Gasteiger partial charge on any atom is -0.313 e. The number of hydrogen-bond donors (Lipinski definition) is 0. The molecule has 0 amide bonds. The van der Waals surface area contributed by atoms with Crippen molar-refractivity contribution in [1.82, 2.24) is 29.7 Å². The van der Waals surface area contributed by atoms with Crippen LogP contribution in [0.2, 0.25) is 5.28 Å². The van der Waals surface area contributed by atoms with Crippen LogP contribution in [0.25, 0.3) is 5.95 Å². The molecule has 0 saturated carbocycles. The van der Waals surface area contributed by atoms with E-state index in [-0.39, 0.29) is 5.28 Å². The van der Waals surface area contributed by atoms with Crippen molar-refractivity contribution >= 4 is 23.2 Å². The van der Waals surface area contributed by atoms with Crippen molar-refractivity contribution < 1.29 is 0 Å². The molecule has 2 aromatic heterocycles. The van der Waals surface area contributed by atoms with E-state index in [9.17, 15) is 0 Å². The van der Waals surface area contributed by atoms with Gasteiger partial charge in [-0.3, -0.25) is 0 Å². The lowest BCUT2D eigenvalue weighted by Crippen LogP contribution is -2.16. The van der Waals surface area contributed by atoms with Crippen molar-refractivity contribution in [2.75, 3.05) is 11.9 Å². The van der Waals surface area contributed by atoms with Gasteiger partial charge < -0.3 is 4.90 Å². The molecule has 2 heterocycles. The van der Waals surface area contributed by atoms with E-state index in [2.05, 4.69) is 25.0 Å². The summed E-state index contributed by atoms with van der Waals surface area (Å²) in [5, 5.41) is 4.09. The number of hydrogen-bond acceptors (Lipinski definition) is 6. The van der Waals surface area contributed by atoms with Gasteiger partial charge in [0.1, 0.15) is 12.7 Å². The summed E-state index contributed by atoms with van der Waals surface area (Å²) in [4.78, 5) is 18.2. The average molecular weight is 302 g/mol. The zero-order chi connectivity index (χ0) is 14.8. The van der Waals surface area contributed by atoms with Crippen LogP contribution in [0.1, 0.15) is 5.56 Å². The van der Waals surface area contributed by atoms with Gasteiger partial charge in [0.05, 0.1) is 0 Å². The third-order valence-corrected chi connectivity index (χ3v) is 3.10. The fraction of sp³-hybridized carbons (Fsp3) is 0.154. The van der Waals surface area contributed by atoms with Crippen LogP contribution in [0, 0.1) is 6.92 Å². The van der Waals surface area contributed by atoms with Gasteiger partial charge in [0.2, 0.25) is 11.2 Å². The van der Waals surface area contributed by atoms with Gasteiger partial charge in [-0.25, -0.2) is 4.98 Å². The lowest BCUT2D eigenvalue weighted by Gasteiger charge is -2.17. The average Bonchev–Trinajstić information content (AvgIpc) is 3.01. The number of halogens is 1. The molecular weight excluding hydrogens is 290 g/mol. The van der Waals surface area contributed by atoms with Crippen LogP contribution in [0.5, 0.6) is 0 Å². The molecule has 0 aliphatic heterocycles. The minimum atomic E-state index is 0.101. The maximum atomic E-state index is 5.97. The Labute approximate surface area is 126 Å². The van der Waals surface area contributed by atoms with Crippen molar-refractivity contribution in [3.8, 4) is 5.95 Å². The molecule has 3 aromatic rings. The number of benzene rings is 1. The fourth-order valence-corrected chi connectivity index (χ4v) is 1.93. The Hall–Kier alpha value is -2.54. The zero-order valence-electron chi connectivity index (χ0n) is 11.5. The smallest absolute Gasteiger partial charge is 0.258 e. The van der Waals surface area contributed by atoms with Crippen LogP contribution in [0.4, 0.5) is 11.6 Å². The van der Waals surface area contributed by atoms with Crippen molar-refractivity contribution in [3.05, 3.63) is 47.8 Å². The van der Waals surface area contributed by atoms with Crippen LogP contribution in [-0.4, -0.2) is 36.8 Å². The molecule has 0 radical (unpaired) electrons. The molecule has 7 nitrogen and oxygen atoms in total. The fourth-order valence-electron chi connectivity index (χ4n) is 1.78. The maximum absolute atomic E-state index is 5.97. The highest BCUT2D eigenvalue weighted by Crippen LogP contribution is 2.21. The lowest BCUT2D eigenvalue weighted by atomic mass is 10.2. The molecule has 106 valence electrons. The summed E-state index contributed by atoms with van der Waals surface area (Å²) >= 11 is 5.97. The van der Waals surface area contributed by atoms with Gasteiger partial charge in [-0.05, 0) is 30.7 Å². The Kier molecular flexibility index (Phi) is 3.49. The summed E-state index contributed by atoms with van der Waals surface area (Å²) in [5.74, 6) is 0.755. The molecular formula is C13H12ClN7. The molecule has 0 aliphatic rings. The van der Waals surface area contributed by atoms with E-state index in [4.69, 9.17) is 11.6 Å². The molecule has 0 N–H and O–H groups in total. The van der Waals surface area contributed by atoms with E-state index < -0.39 is 0 Å². The molecule has 0 fully saturated rings. The van der Waals surface area contributed by atoms with Crippen molar-refractivity contribution in [1.29, 1.82) is 0 Å². The monoisotopic (exact) mass is 301 g/mol. The quantitative estimate of drug-likeness (QED) is 0.738. The first kappa shape index (κ1) is 13.4. The van der Waals surface area contributed by atoms with E-state index >= 15 is 0 Å². The van der Waals surface area contributed by atoms with Gasteiger partial charge >= 0.3 is 0 Å². The van der Waals surface area contributed by atoms with Gasteiger partial charge in [0, 0.05) is 12.7 Å². The van der Waals surface area contributed by atoms with Gasteiger partial charge in [0.15, 0.2) is 0 Å². The Morgan fingerprint density at radius 1 is 1.10 bits per heavy atom. The summed E-state index contributed by atoms with van der Waals surface area (Å²) in [7, 11) is 1.86. The third-order valence-electron chi connectivity index (χ3n) is 2.93. The summed E-state index contributed by atoms with van der Waals surface area (Å²) in [5.41, 5.74) is 2.14. The molecule has 8 heteroatoms. The Balaban J connectivity index is 2.00. The summed E-state index contributed by atoms with van der Waals surface area (Å²) < 4.78 is 1.43. The summed E-state index contributed by atoms with van der Waals surface area (Å²) in [6.07, 6.45) is 2.91. The molecule has 3 rings (SSSR count). The van der Waals surface area contributed by atoms with E-state index in [0.29, 0.717) is 11.9 Å². The largest absolute Gasteiger partial charge is 0.313 e. The third kappa shape index (κ3) is 2.82. The SMILES string of the molecule is Cc1ccc(N(C)c2nc(Cl)nc(-n3cncn3)n2)cc1. The highest BCUT2D eigenvalue weighted by molar-refractivity contribution is 6.28. The predicted molar refractivity (Wildman–Crippen MR) is 79.0 cm³/mol. The molecule has 0 saturated heterocycles. The van der Waals surface area contributed by atoms with Crippen LogP contribution in [0.15, 0.2) is 36.9 Å². The normalized spacial score (nSPS) is 10.6. The van der Waals surface area contributed by atoms with Crippen molar-refractivity contribution in [2.24, 2.45) is 0 Å². The molecule has 0 bridgehead atoms. The first-order valence-corrected chi connectivity index (χ1v) is 6.58. The number of anilines is 2. The Morgan fingerprint density at radius 3 is 2.52 bits per heavy atom. The van der Waals surface area contributed by atoms with Gasteiger partial charge in [-0.1, -0.05) is 17.7 Å². The lowest BCUT2D eigenvalue weighted by molar-refractivity contribution is 0.789. The Morgan fingerprint density at radius 2 is 1.86 bits per heavy atom. The standard InChI is InChI=1S/C13H12ClN7/c1-9-3-5-10(6-4-9)20(2)12-17-11(14)18-13(19-12)21-8-15-7-16-21/h3-8H,1-2H3. The zero-order valence-corrected chi connectivity index (χ0v) is 12.2. The highest BCUT2D eigenvalue weighted by atomic mass is 35.5. The van der Waals surface area contributed by atoms with Gasteiger partial charge in [-0.15, -0.1) is 0 Å². The van der Waals surface area contributed by atoms with Crippen LogP contribution in [-0.2, 0) is 0 Å². The molecule has 0 atom stereocenters. The minimum absolute atomic E-state index is 0.101. The second-order valence-electron chi connectivity index (χ2n) is 4.44. The molecule has 21 heavy (non-hydrogen) atoms. The van der Waals surface area contributed by atoms with Crippen LogP contribution >= 0.6 is 11.6 Å². The van der Waals surface area contributed by atoms with Crippen molar-refractivity contribution in [2.45, 2.75) is 6.92 Å². The first-order chi connectivity index (χ1) is 10.1. The molecule has 0 unspecified atom stereocenters. The van der Waals surface area contributed by atoms with E-state index in [1.807, 2.05) is 43.1 Å². The topological polar surface area (TPSA) is 72.6 Å². The Bertz CT molecular complexity index is 740. The van der Waals surface area contributed by atoms with Crippen LogP contribution in [0.3, 0.4) is 0 Å². The van der Waals surface area contributed by atoms with E-state index in [0.717, 1.165) is 5.69 Å². The number of rotatable bonds is 3. The van der Waals surface area contributed by atoms with E-state index in [1.165, 1.54) is 22.9 Å². The highest BCUT2D eigenvalue weighted by Gasteiger charge is 2.12. The summed E-state index contributed by atoms with van der Waals surface area (Å²) in [6, 6.07) is 8.02. The van der Waals surface area contributed by atoms with Gasteiger partial charge in [0.25, 0.3) is 5.95 Å². The second-order valence-corrected chi connectivity index (χ2v) is 4.78. The second kappa shape index (κ2) is 5.45. The van der Waals surface area contributed by atoms with Gasteiger partial charge in [-0.2, -0.15) is 24.7 Å². The molecule has 0 aliphatic carbocycles. The number of nitrogens with zero attached hydrogens (tertiary/aromatic N) is 7. The van der Waals surface area contributed by atoms with Crippen molar-refractivity contribution in [3.63, 3.8) is 0 Å². The number of aryl methyl sites for hydroxylation is 1. The van der Waals surface area contributed by atoms with E-state index in [1.54, 1.807) is 0 Å².